The predicted octanol–water partition coefficient (Wildman–Crippen LogP) is 2.61. The average Bonchev–Trinajstić information content (AvgIpc) is 2.58. The summed E-state index contributed by atoms with van der Waals surface area (Å²) in [5.74, 6) is -1.66. The second-order valence-corrected chi connectivity index (χ2v) is 4.73. The fraction of sp³-hybridized carbons (Fsp3) is 0.0556. The van der Waals surface area contributed by atoms with Crippen LogP contribution in [-0.2, 0) is 11.3 Å². The molecule has 0 saturated carbocycles. The number of nitrogens with zero attached hydrogens (tertiary/aromatic N) is 1. The summed E-state index contributed by atoms with van der Waals surface area (Å²) in [5.41, 5.74) is 1.11. The zero-order valence-corrected chi connectivity index (χ0v) is 12.2. The van der Waals surface area contributed by atoms with Gasteiger partial charge in [0.1, 0.15) is 11.6 Å². The van der Waals surface area contributed by atoms with Crippen molar-refractivity contribution in [1.82, 2.24) is 5.32 Å². The van der Waals surface area contributed by atoms with E-state index < -0.39 is 11.9 Å². The van der Waals surface area contributed by atoms with E-state index in [0.29, 0.717) is 12.1 Å². The molecule has 2 aromatic rings. The first-order valence-corrected chi connectivity index (χ1v) is 6.88. The molecule has 2 rings (SSSR count). The smallest absolute Gasteiger partial charge is 0.336 e. The lowest BCUT2D eigenvalue weighted by Gasteiger charge is -2.05. The summed E-state index contributed by atoms with van der Waals surface area (Å²) < 4.78 is 0. The maximum Gasteiger partial charge on any atom is 0.336 e. The lowest BCUT2D eigenvalue weighted by Crippen LogP contribution is -2.24. The van der Waals surface area contributed by atoms with E-state index >= 15 is 0 Å². The van der Waals surface area contributed by atoms with E-state index in [2.05, 4.69) is 5.32 Å². The molecule has 0 aliphatic heterocycles. The minimum Gasteiger partial charge on any atom is -0.478 e. The van der Waals surface area contributed by atoms with Crippen LogP contribution in [0.4, 0.5) is 0 Å². The number of hydrogen-bond donors (Lipinski definition) is 2. The number of nitriles is 1. The van der Waals surface area contributed by atoms with E-state index in [0.717, 1.165) is 5.56 Å². The molecule has 0 aliphatic rings. The van der Waals surface area contributed by atoms with Gasteiger partial charge in [-0.2, -0.15) is 5.26 Å². The first kappa shape index (κ1) is 16.0. The van der Waals surface area contributed by atoms with Crippen molar-refractivity contribution in [3.63, 3.8) is 0 Å². The third kappa shape index (κ3) is 4.29. The quantitative estimate of drug-likeness (QED) is 0.656. The highest BCUT2D eigenvalue weighted by Gasteiger charge is 2.12. The van der Waals surface area contributed by atoms with Crippen LogP contribution in [0.15, 0.2) is 60.2 Å². The molecular weight excluding hydrogens is 292 g/mol. The number of carbonyl (C=O) groups is 2. The monoisotopic (exact) mass is 306 g/mol. The first-order chi connectivity index (χ1) is 11.1. The van der Waals surface area contributed by atoms with Crippen molar-refractivity contribution >= 4 is 18.0 Å². The van der Waals surface area contributed by atoms with Crippen LogP contribution in [0, 0.1) is 11.3 Å². The number of benzene rings is 2. The van der Waals surface area contributed by atoms with Gasteiger partial charge in [-0.15, -0.1) is 0 Å². The molecule has 0 saturated heterocycles. The molecule has 0 radical (unpaired) electrons. The molecule has 0 heterocycles. The topological polar surface area (TPSA) is 90.2 Å². The SMILES string of the molecule is N#C/C(=C/c1ccccc1C(=O)O)C(=O)NCc1ccccc1. The number of carboxylic acids is 1. The Kier molecular flexibility index (Phi) is 5.26. The molecule has 2 aromatic carbocycles. The highest BCUT2D eigenvalue weighted by atomic mass is 16.4. The van der Waals surface area contributed by atoms with Crippen LogP contribution in [0.1, 0.15) is 21.5 Å². The molecule has 0 bridgehead atoms. The van der Waals surface area contributed by atoms with Crippen LogP contribution in [0.2, 0.25) is 0 Å². The number of carboxylic acid groups (broad SMARTS) is 1. The van der Waals surface area contributed by atoms with Gasteiger partial charge in [0.15, 0.2) is 0 Å². The maximum atomic E-state index is 12.1. The third-order valence-corrected chi connectivity index (χ3v) is 3.15. The molecule has 23 heavy (non-hydrogen) atoms. The molecule has 114 valence electrons. The summed E-state index contributed by atoms with van der Waals surface area (Å²) in [6.45, 7) is 0.291. The molecule has 0 fully saturated rings. The molecule has 1 amide bonds. The number of rotatable bonds is 5. The Morgan fingerprint density at radius 1 is 1.09 bits per heavy atom. The summed E-state index contributed by atoms with van der Waals surface area (Å²) in [4.78, 5) is 23.2. The largest absolute Gasteiger partial charge is 0.478 e. The molecule has 0 aromatic heterocycles. The summed E-state index contributed by atoms with van der Waals surface area (Å²) >= 11 is 0. The van der Waals surface area contributed by atoms with Gasteiger partial charge in [0.25, 0.3) is 5.91 Å². The summed E-state index contributed by atoms with van der Waals surface area (Å²) in [6.07, 6.45) is 1.28. The van der Waals surface area contributed by atoms with Gasteiger partial charge in [0.05, 0.1) is 5.56 Å². The zero-order valence-electron chi connectivity index (χ0n) is 12.2. The van der Waals surface area contributed by atoms with E-state index in [4.69, 9.17) is 10.4 Å². The Hall–Kier alpha value is -3.39. The number of nitrogens with one attached hydrogen (secondary N) is 1. The molecule has 0 atom stereocenters. The van der Waals surface area contributed by atoms with E-state index in [1.165, 1.54) is 12.1 Å². The van der Waals surface area contributed by atoms with Gasteiger partial charge < -0.3 is 10.4 Å². The maximum absolute atomic E-state index is 12.1. The molecular formula is C18H14N2O3. The highest BCUT2D eigenvalue weighted by molar-refractivity contribution is 6.03. The minimum atomic E-state index is -1.11. The normalized spacial score (nSPS) is 10.7. The van der Waals surface area contributed by atoms with Crippen molar-refractivity contribution in [3.05, 3.63) is 76.9 Å². The summed E-state index contributed by atoms with van der Waals surface area (Å²) in [7, 11) is 0. The van der Waals surface area contributed by atoms with Crippen LogP contribution >= 0.6 is 0 Å². The van der Waals surface area contributed by atoms with Gasteiger partial charge >= 0.3 is 5.97 Å². The van der Waals surface area contributed by atoms with Crippen molar-refractivity contribution in [2.45, 2.75) is 6.54 Å². The number of amides is 1. The molecule has 0 aliphatic carbocycles. The van der Waals surface area contributed by atoms with Gasteiger partial charge in [-0.3, -0.25) is 4.79 Å². The lowest BCUT2D eigenvalue weighted by atomic mass is 10.0. The Labute approximate surface area is 133 Å². The molecule has 5 nitrogen and oxygen atoms in total. The van der Waals surface area contributed by atoms with Crippen molar-refractivity contribution in [1.29, 1.82) is 5.26 Å². The van der Waals surface area contributed by atoms with Crippen molar-refractivity contribution < 1.29 is 14.7 Å². The van der Waals surface area contributed by atoms with Gasteiger partial charge in [0, 0.05) is 6.54 Å². The third-order valence-electron chi connectivity index (χ3n) is 3.15. The molecule has 5 heteroatoms. The Balaban J connectivity index is 2.18. The summed E-state index contributed by atoms with van der Waals surface area (Å²) in [5, 5.41) is 20.9. The van der Waals surface area contributed by atoms with Gasteiger partial charge in [-0.05, 0) is 23.3 Å². The van der Waals surface area contributed by atoms with Crippen LogP contribution < -0.4 is 5.32 Å². The number of carbonyl (C=O) groups excluding carboxylic acids is 1. The van der Waals surface area contributed by atoms with E-state index in [1.54, 1.807) is 18.2 Å². The predicted molar refractivity (Wildman–Crippen MR) is 85.3 cm³/mol. The lowest BCUT2D eigenvalue weighted by molar-refractivity contribution is -0.117. The van der Waals surface area contributed by atoms with Crippen molar-refractivity contribution in [3.8, 4) is 6.07 Å². The van der Waals surface area contributed by atoms with Crippen molar-refractivity contribution in [2.24, 2.45) is 0 Å². The minimum absolute atomic E-state index is 0.0381. The van der Waals surface area contributed by atoms with Gasteiger partial charge in [0.2, 0.25) is 0 Å². The zero-order chi connectivity index (χ0) is 16.7. The number of hydrogen-bond acceptors (Lipinski definition) is 3. The second kappa shape index (κ2) is 7.57. The van der Waals surface area contributed by atoms with E-state index in [9.17, 15) is 9.59 Å². The molecule has 0 spiro atoms. The molecule has 2 N–H and O–H groups in total. The van der Waals surface area contributed by atoms with Crippen LogP contribution in [-0.4, -0.2) is 17.0 Å². The average molecular weight is 306 g/mol. The number of aromatic carboxylic acids is 1. The Bertz CT molecular complexity index is 789. The Morgan fingerprint density at radius 2 is 1.74 bits per heavy atom. The fourth-order valence-electron chi connectivity index (χ4n) is 2.00. The van der Waals surface area contributed by atoms with Gasteiger partial charge in [-0.25, -0.2) is 4.79 Å². The standard InChI is InChI=1S/C18H14N2O3/c19-11-15(10-14-8-4-5-9-16(14)18(22)23)17(21)20-12-13-6-2-1-3-7-13/h1-10H,12H2,(H,20,21)(H,22,23)/b15-10-. The first-order valence-electron chi connectivity index (χ1n) is 6.88. The van der Waals surface area contributed by atoms with Gasteiger partial charge in [-0.1, -0.05) is 48.5 Å². The van der Waals surface area contributed by atoms with Crippen molar-refractivity contribution in [2.75, 3.05) is 0 Å². The fourth-order valence-corrected chi connectivity index (χ4v) is 2.00. The van der Waals surface area contributed by atoms with Crippen LogP contribution in [0.3, 0.4) is 0 Å². The highest BCUT2D eigenvalue weighted by Crippen LogP contribution is 2.13. The second-order valence-electron chi connectivity index (χ2n) is 4.73. The van der Waals surface area contributed by atoms with Crippen LogP contribution in [0.5, 0.6) is 0 Å². The van der Waals surface area contributed by atoms with Crippen LogP contribution in [0.25, 0.3) is 6.08 Å². The molecule has 0 unspecified atom stereocenters. The summed E-state index contributed by atoms with van der Waals surface area (Å²) in [6, 6.07) is 17.3. The van der Waals surface area contributed by atoms with E-state index in [-0.39, 0.29) is 11.1 Å². The Morgan fingerprint density at radius 3 is 2.39 bits per heavy atom. The van der Waals surface area contributed by atoms with E-state index in [1.807, 2.05) is 36.4 Å².